The first-order valence-corrected chi connectivity index (χ1v) is 5.93. The Balaban J connectivity index is 0.000000317. The van der Waals surface area contributed by atoms with Gasteiger partial charge in [0.25, 0.3) is 0 Å². The maximum Gasteiger partial charge on any atom is 0.410 e. The summed E-state index contributed by atoms with van der Waals surface area (Å²) in [6.45, 7) is 8.85. The van der Waals surface area contributed by atoms with Crippen LogP contribution in [0.4, 0.5) is 4.79 Å². The molecule has 2 N–H and O–H groups in total. The molecule has 1 saturated heterocycles. The number of ether oxygens (including phenoxy) is 1. The van der Waals surface area contributed by atoms with Crippen LogP contribution in [0.1, 0.15) is 34.1 Å². The smallest absolute Gasteiger partial charge is 0.410 e. The number of fused-ring (bicyclic) bond motifs is 1. The first-order valence-electron chi connectivity index (χ1n) is 5.93. The third-order valence-electron chi connectivity index (χ3n) is 2.63. The Labute approximate surface area is 102 Å². The molecule has 1 heterocycles. The number of hydrogen-bond donors (Lipinski definition) is 1. The molecule has 2 atom stereocenters. The van der Waals surface area contributed by atoms with E-state index >= 15 is 0 Å². The van der Waals surface area contributed by atoms with Crippen molar-refractivity contribution in [2.24, 2.45) is 17.6 Å². The van der Waals surface area contributed by atoms with Gasteiger partial charge in [-0.1, -0.05) is 0 Å². The van der Waals surface area contributed by atoms with E-state index < -0.39 is 0 Å². The van der Waals surface area contributed by atoms with Crippen LogP contribution in [0.25, 0.3) is 0 Å². The second-order valence-corrected chi connectivity index (χ2v) is 5.75. The normalized spacial score (nSPS) is 25.5. The highest BCUT2D eigenvalue weighted by atomic mass is 16.6. The SMILES string of the molecule is CC(C)(C)OC(=O)N1C[C@H]2C[C@H]2C1.CC(N)=O. The molecule has 5 heteroatoms. The average Bonchev–Trinajstić information content (AvgIpc) is 2.69. The van der Waals surface area contributed by atoms with E-state index in [2.05, 4.69) is 5.73 Å². The van der Waals surface area contributed by atoms with Gasteiger partial charge in [-0.05, 0) is 39.0 Å². The van der Waals surface area contributed by atoms with Gasteiger partial charge in [0, 0.05) is 20.0 Å². The second kappa shape index (κ2) is 4.94. The van der Waals surface area contributed by atoms with Crippen molar-refractivity contribution in [3.8, 4) is 0 Å². The van der Waals surface area contributed by atoms with E-state index in [1.807, 2.05) is 25.7 Å². The quantitative estimate of drug-likeness (QED) is 0.697. The van der Waals surface area contributed by atoms with Gasteiger partial charge in [0.15, 0.2) is 0 Å². The average molecular weight is 242 g/mol. The number of likely N-dealkylation sites (tertiary alicyclic amines) is 1. The fraction of sp³-hybridized carbons (Fsp3) is 0.833. The lowest BCUT2D eigenvalue weighted by Crippen LogP contribution is -2.36. The Morgan fingerprint density at radius 3 is 2.00 bits per heavy atom. The number of nitrogens with two attached hydrogens (primary N) is 1. The van der Waals surface area contributed by atoms with Crippen molar-refractivity contribution in [1.29, 1.82) is 0 Å². The molecule has 17 heavy (non-hydrogen) atoms. The molecule has 1 aliphatic carbocycles. The molecule has 5 nitrogen and oxygen atoms in total. The van der Waals surface area contributed by atoms with Crippen molar-refractivity contribution in [3.63, 3.8) is 0 Å². The van der Waals surface area contributed by atoms with Crippen LogP contribution in [0, 0.1) is 11.8 Å². The van der Waals surface area contributed by atoms with E-state index in [1.54, 1.807) is 0 Å². The number of rotatable bonds is 0. The van der Waals surface area contributed by atoms with Gasteiger partial charge in [0.1, 0.15) is 5.60 Å². The van der Waals surface area contributed by atoms with E-state index in [1.165, 1.54) is 13.3 Å². The highest BCUT2D eigenvalue weighted by Gasteiger charge is 2.47. The zero-order valence-electron chi connectivity index (χ0n) is 11.0. The van der Waals surface area contributed by atoms with Crippen molar-refractivity contribution in [2.45, 2.75) is 39.7 Å². The third kappa shape index (κ3) is 5.06. The summed E-state index contributed by atoms with van der Waals surface area (Å²) < 4.78 is 5.28. The molecule has 2 fully saturated rings. The molecular weight excluding hydrogens is 220 g/mol. The summed E-state index contributed by atoms with van der Waals surface area (Å²) in [5.41, 5.74) is 4.11. The van der Waals surface area contributed by atoms with Crippen molar-refractivity contribution in [3.05, 3.63) is 0 Å². The maximum absolute atomic E-state index is 11.5. The predicted molar refractivity (Wildman–Crippen MR) is 64.3 cm³/mol. The van der Waals surface area contributed by atoms with Crippen LogP contribution in [0.3, 0.4) is 0 Å². The summed E-state index contributed by atoms with van der Waals surface area (Å²) in [4.78, 5) is 22.6. The Kier molecular flexibility index (Phi) is 4.01. The van der Waals surface area contributed by atoms with Crippen LogP contribution in [-0.4, -0.2) is 35.6 Å². The number of amides is 2. The van der Waals surface area contributed by atoms with Gasteiger partial charge >= 0.3 is 6.09 Å². The standard InChI is InChI=1S/C10H17NO2.C2H5NO/c1-10(2,3)13-9(12)11-5-7-4-8(7)6-11;1-2(3)4/h7-8H,4-6H2,1-3H3;1H3,(H2,3,4)/t7-,8+;. The molecule has 2 amide bonds. The molecule has 0 bridgehead atoms. The minimum absolute atomic E-state index is 0.139. The lowest BCUT2D eigenvalue weighted by Gasteiger charge is -2.25. The molecule has 0 radical (unpaired) electrons. The molecule has 1 aliphatic heterocycles. The lowest BCUT2D eigenvalue weighted by atomic mass is 10.2. The van der Waals surface area contributed by atoms with Gasteiger partial charge < -0.3 is 15.4 Å². The van der Waals surface area contributed by atoms with Gasteiger partial charge in [-0.2, -0.15) is 0 Å². The van der Waals surface area contributed by atoms with Crippen molar-refractivity contribution >= 4 is 12.0 Å². The number of primary amides is 1. The summed E-state index contributed by atoms with van der Waals surface area (Å²) in [6.07, 6.45) is 1.18. The van der Waals surface area contributed by atoms with Crippen LogP contribution in [-0.2, 0) is 9.53 Å². The first-order chi connectivity index (χ1) is 7.69. The van der Waals surface area contributed by atoms with Crippen LogP contribution < -0.4 is 5.73 Å². The fourth-order valence-electron chi connectivity index (χ4n) is 1.87. The van der Waals surface area contributed by atoms with Gasteiger partial charge in [-0.25, -0.2) is 4.79 Å². The zero-order valence-corrected chi connectivity index (χ0v) is 11.0. The topological polar surface area (TPSA) is 72.6 Å². The van der Waals surface area contributed by atoms with Crippen LogP contribution in [0.15, 0.2) is 0 Å². The minimum atomic E-state index is -0.357. The van der Waals surface area contributed by atoms with E-state index in [0.29, 0.717) is 0 Å². The molecule has 2 aliphatic rings. The lowest BCUT2D eigenvalue weighted by molar-refractivity contribution is -0.115. The maximum atomic E-state index is 11.5. The summed E-state index contributed by atoms with van der Waals surface area (Å²) in [7, 11) is 0. The number of hydrogen-bond acceptors (Lipinski definition) is 3. The fourth-order valence-corrected chi connectivity index (χ4v) is 1.87. The molecule has 0 aromatic carbocycles. The van der Waals surface area contributed by atoms with Crippen LogP contribution in [0.2, 0.25) is 0 Å². The summed E-state index contributed by atoms with van der Waals surface area (Å²) in [5.74, 6) is 1.24. The summed E-state index contributed by atoms with van der Waals surface area (Å²) >= 11 is 0. The monoisotopic (exact) mass is 242 g/mol. The number of carbonyl (C=O) groups is 2. The van der Waals surface area contributed by atoms with Crippen LogP contribution in [0.5, 0.6) is 0 Å². The van der Waals surface area contributed by atoms with E-state index in [4.69, 9.17) is 4.74 Å². The van der Waals surface area contributed by atoms with Gasteiger partial charge in [0.2, 0.25) is 5.91 Å². The van der Waals surface area contributed by atoms with Crippen molar-refractivity contribution in [1.82, 2.24) is 4.90 Å². The number of carbonyl (C=O) groups excluding carboxylic acids is 2. The molecule has 0 aromatic heterocycles. The highest BCUT2D eigenvalue weighted by Crippen LogP contribution is 2.45. The molecule has 0 spiro atoms. The van der Waals surface area contributed by atoms with Crippen LogP contribution >= 0.6 is 0 Å². The minimum Gasteiger partial charge on any atom is -0.444 e. The largest absolute Gasteiger partial charge is 0.444 e. The Bertz CT molecular complexity index is 295. The number of nitrogens with zero attached hydrogens (tertiary/aromatic N) is 1. The first kappa shape index (κ1) is 13.8. The Morgan fingerprint density at radius 2 is 1.65 bits per heavy atom. The summed E-state index contributed by atoms with van der Waals surface area (Å²) in [6, 6.07) is 0. The zero-order chi connectivity index (χ0) is 13.2. The van der Waals surface area contributed by atoms with E-state index in [9.17, 15) is 9.59 Å². The molecule has 0 unspecified atom stereocenters. The van der Waals surface area contributed by atoms with E-state index in [0.717, 1.165) is 24.9 Å². The molecular formula is C12H22N2O3. The molecule has 2 rings (SSSR count). The Hall–Kier alpha value is -1.26. The van der Waals surface area contributed by atoms with Gasteiger partial charge in [0.05, 0.1) is 0 Å². The predicted octanol–water partition coefficient (Wildman–Crippen LogP) is 1.36. The summed E-state index contributed by atoms with van der Waals surface area (Å²) in [5, 5.41) is 0. The van der Waals surface area contributed by atoms with Gasteiger partial charge in [-0.3, -0.25) is 4.79 Å². The van der Waals surface area contributed by atoms with Crippen molar-refractivity contribution < 1.29 is 14.3 Å². The number of piperidine rings is 1. The molecule has 98 valence electrons. The van der Waals surface area contributed by atoms with E-state index in [-0.39, 0.29) is 17.6 Å². The third-order valence-corrected chi connectivity index (χ3v) is 2.63. The van der Waals surface area contributed by atoms with Gasteiger partial charge in [-0.15, -0.1) is 0 Å². The second-order valence-electron chi connectivity index (χ2n) is 5.75. The molecule has 0 aromatic rings. The molecule has 1 saturated carbocycles. The highest BCUT2D eigenvalue weighted by molar-refractivity contribution is 5.70. The Morgan fingerprint density at radius 1 is 1.24 bits per heavy atom. The van der Waals surface area contributed by atoms with Crippen molar-refractivity contribution in [2.75, 3.05) is 13.1 Å².